The second kappa shape index (κ2) is 9.08. The summed E-state index contributed by atoms with van der Waals surface area (Å²) in [5.74, 6) is -1.16. The monoisotopic (exact) mass is 238 g/mol. The van der Waals surface area contributed by atoms with Gasteiger partial charge in [-0.2, -0.15) is 0 Å². The number of methoxy groups -OCH3 is 2. The van der Waals surface area contributed by atoms with E-state index in [1.54, 1.807) is 12.1 Å². The largest absolute Gasteiger partial charge is 0.469 e. The van der Waals surface area contributed by atoms with Gasteiger partial charge in [0.1, 0.15) is 12.7 Å². The van der Waals surface area contributed by atoms with Crippen LogP contribution in [0, 0.1) is 0 Å². The molecular formula is C12H14O5. The molecule has 0 atom stereocenters. The van der Waals surface area contributed by atoms with Crippen LogP contribution in [-0.2, 0) is 19.1 Å². The Morgan fingerprint density at radius 1 is 1.06 bits per heavy atom. The molecule has 1 aromatic rings. The molecule has 0 amide bonds. The maximum absolute atomic E-state index is 10.3. The second-order valence-corrected chi connectivity index (χ2v) is 2.86. The summed E-state index contributed by atoms with van der Waals surface area (Å²) in [6.07, 6.45) is 0.521. The van der Waals surface area contributed by atoms with E-state index in [0.717, 1.165) is 11.8 Å². The fourth-order valence-corrected chi connectivity index (χ4v) is 0.794. The maximum Gasteiger partial charge on any atom is 0.316 e. The highest BCUT2D eigenvalue weighted by Gasteiger charge is 2.07. The fraction of sp³-hybridized carbons (Fsp3) is 0.250. The highest BCUT2D eigenvalue weighted by Crippen LogP contribution is 1.91. The van der Waals surface area contributed by atoms with Crippen molar-refractivity contribution in [1.29, 1.82) is 0 Å². The zero-order chi connectivity index (χ0) is 13.1. The Kier molecular flexibility index (Phi) is 7.93. The van der Waals surface area contributed by atoms with Crippen molar-refractivity contribution in [3.8, 4) is 0 Å². The number of ether oxygens (including phenoxy) is 2. The topological polar surface area (TPSA) is 69.7 Å². The number of esters is 2. The van der Waals surface area contributed by atoms with E-state index >= 15 is 0 Å². The Morgan fingerprint density at radius 2 is 1.53 bits per heavy atom. The number of carbonyl (C=O) groups excluding carboxylic acids is 3. The molecule has 0 heterocycles. The number of carbonyl (C=O) groups is 3. The number of hydrogen-bond acceptors (Lipinski definition) is 5. The van der Waals surface area contributed by atoms with Crippen molar-refractivity contribution in [3.63, 3.8) is 0 Å². The van der Waals surface area contributed by atoms with Crippen molar-refractivity contribution in [1.82, 2.24) is 0 Å². The summed E-state index contributed by atoms with van der Waals surface area (Å²) in [4.78, 5) is 30.5. The third-order valence-corrected chi connectivity index (χ3v) is 1.68. The Morgan fingerprint density at radius 3 is 1.82 bits per heavy atom. The van der Waals surface area contributed by atoms with Gasteiger partial charge in [-0.25, -0.2) is 0 Å². The second-order valence-electron chi connectivity index (χ2n) is 2.86. The molecule has 1 aromatic carbocycles. The quantitative estimate of drug-likeness (QED) is 0.450. The molecule has 5 heteroatoms. The van der Waals surface area contributed by atoms with Crippen LogP contribution in [0.2, 0.25) is 0 Å². The molecule has 1 rings (SSSR count). The minimum atomic E-state index is -0.582. The predicted octanol–water partition coefficient (Wildman–Crippen LogP) is 1.22. The lowest BCUT2D eigenvalue weighted by Crippen LogP contribution is -2.09. The number of benzene rings is 1. The van der Waals surface area contributed by atoms with E-state index in [-0.39, 0.29) is 6.42 Å². The van der Waals surface area contributed by atoms with Gasteiger partial charge in [0, 0.05) is 5.56 Å². The summed E-state index contributed by atoms with van der Waals surface area (Å²) in [7, 11) is 2.43. The molecule has 0 N–H and O–H groups in total. The van der Waals surface area contributed by atoms with Gasteiger partial charge in [0.05, 0.1) is 14.2 Å². The molecule has 5 nitrogen and oxygen atoms in total. The Bertz CT molecular complexity index is 344. The van der Waals surface area contributed by atoms with Crippen LogP contribution >= 0.6 is 0 Å². The van der Waals surface area contributed by atoms with E-state index in [1.807, 2.05) is 18.2 Å². The third kappa shape index (κ3) is 7.72. The van der Waals surface area contributed by atoms with Gasteiger partial charge >= 0.3 is 11.9 Å². The predicted molar refractivity (Wildman–Crippen MR) is 60.5 cm³/mol. The molecule has 0 spiro atoms. The van der Waals surface area contributed by atoms with Crippen molar-refractivity contribution in [2.45, 2.75) is 6.42 Å². The first kappa shape index (κ1) is 14.8. The van der Waals surface area contributed by atoms with Crippen molar-refractivity contribution < 1.29 is 23.9 Å². The van der Waals surface area contributed by atoms with Crippen LogP contribution in [0.1, 0.15) is 16.8 Å². The lowest BCUT2D eigenvalue weighted by atomic mass is 10.2. The third-order valence-electron chi connectivity index (χ3n) is 1.68. The standard InChI is InChI=1S/C7H6O.C5H8O4/c8-6-7-4-2-1-3-5-7;1-8-4(6)3-5(7)9-2/h1-6H;3H2,1-2H3. The van der Waals surface area contributed by atoms with Crippen molar-refractivity contribution >= 4 is 18.2 Å². The van der Waals surface area contributed by atoms with Gasteiger partial charge in [-0.3, -0.25) is 14.4 Å². The van der Waals surface area contributed by atoms with Crippen LogP contribution in [0.3, 0.4) is 0 Å². The van der Waals surface area contributed by atoms with Crippen LogP contribution in [0.15, 0.2) is 30.3 Å². The Labute approximate surface area is 99.3 Å². The van der Waals surface area contributed by atoms with Crippen LogP contribution in [0.4, 0.5) is 0 Å². The smallest absolute Gasteiger partial charge is 0.316 e. The Hall–Kier alpha value is -2.17. The summed E-state index contributed by atoms with van der Waals surface area (Å²) in [6, 6.07) is 9.10. The SMILES string of the molecule is COC(=O)CC(=O)OC.O=Cc1ccccc1. The minimum absolute atomic E-state index is 0.312. The molecule has 17 heavy (non-hydrogen) atoms. The average Bonchev–Trinajstić information content (AvgIpc) is 2.40. The van der Waals surface area contributed by atoms with Gasteiger partial charge < -0.3 is 9.47 Å². The molecule has 0 aliphatic rings. The molecule has 0 aliphatic carbocycles. The van der Waals surface area contributed by atoms with Gasteiger partial charge in [-0.05, 0) is 0 Å². The van der Waals surface area contributed by atoms with E-state index in [1.165, 1.54) is 14.2 Å². The van der Waals surface area contributed by atoms with Gasteiger partial charge in [0.2, 0.25) is 0 Å². The zero-order valence-electron chi connectivity index (χ0n) is 9.71. The highest BCUT2D eigenvalue weighted by molar-refractivity contribution is 5.90. The Balaban J connectivity index is 0.000000302. The van der Waals surface area contributed by atoms with Crippen LogP contribution < -0.4 is 0 Å². The highest BCUT2D eigenvalue weighted by atomic mass is 16.5. The molecule has 0 radical (unpaired) electrons. The lowest BCUT2D eigenvalue weighted by molar-refractivity contribution is -0.151. The molecule has 0 saturated carbocycles. The van der Waals surface area contributed by atoms with Crippen LogP contribution in [-0.4, -0.2) is 32.4 Å². The van der Waals surface area contributed by atoms with Crippen molar-refractivity contribution in [2.75, 3.05) is 14.2 Å². The minimum Gasteiger partial charge on any atom is -0.469 e. The van der Waals surface area contributed by atoms with E-state index in [4.69, 9.17) is 0 Å². The van der Waals surface area contributed by atoms with Crippen molar-refractivity contribution in [3.05, 3.63) is 35.9 Å². The zero-order valence-corrected chi connectivity index (χ0v) is 9.71. The molecule has 0 fully saturated rings. The number of aldehydes is 1. The van der Waals surface area contributed by atoms with Crippen LogP contribution in [0.5, 0.6) is 0 Å². The van der Waals surface area contributed by atoms with E-state index in [2.05, 4.69) is 9.47 Å². The summed E-state index contributed by atoms with van der Waals surface area (Å²) in [5.41, 5.74) is 0.729. The van der Waals surface area contributed by atoms with Gasteiger partial charge in [-0.1, -0.05) is 30.3 Å². The normalized spacial score (nSPS) is 8.35. The molecule has 0 bridgehead atoms. The van der Waals surface area contributed by atoms with Gasteiger partial charge in [0.25, 0.3) is 0 Å². The lowest BCUT2D eigenvalue weighted by Gasteiger charge is -1.95. The first-order valence-electron chi connectivity index (χ1n) is 4.78. The molecule has 0 aliphatic heterocycles. The summed E-state index contributed by atoms with van der Waals surface area (Å²) in [5, 5.41) is 0. The van der Waals surface area contributed by atoms with Gasteiger partial charge in [-0.15, -0.1) is 0 Å². The number of rotatable bonds is 3. The average molecular weight is 238 g/mol. The van der Waals surface area contributed by atoms with Gasteiger partial charge in [0.15, 0.2) is 0 Å². The fourth-order valence-electron chi connectivity index (χ4n) is 0.794. The summed E-state index contributed by atoms with van der Waals surface area (Å²) < 4.78 is 8.37. The summed E-state index contributed by atoms with van der Waals surface area (Å²) >= 11 is 0. The number of hydrogen-bond donors (Lipinski definition) is 0. The van der Waals surface area contributed by atoms with Crippen LogP contribution in [0.25, 0.3) is 0 Å². The molecular weight excluding hydrogens is 224 g/mol. The molecule has 0 aromatic heterocycles. The van der Waals surface area contributed by atoms with Crippen molar-refractivity contribution in [2.24, 2.45) is 0 Å². The maximum atomic E-state index is 10.3. The molecule has 0 unspecified atom stereocenters. The summed E-state index contributed by atoms with van der Waals surface area (Å²) in [6.45, 7) is 0. The first-order valence-corrected chi connectivity index (χ1v) is 4.78. The van der Waals surface area contributed by atoms with E-state index < -0.39 is 11.9 Å². The first-order chi connectivity index (χ1) is 8.13. The van der Waals surface area contributed by atoms with E-state index in [9.17, 15) is 14.4 Å². The molecule has 92 valence electrons. The molecule has 0 saturated heterocycles. The van der Waals surface area contributed by atoms with E-state index in [0.29, 0.717) is 0 Å².